The summed E-state index contributed by atoms with van der Waals surface area (Å²) in [4.78, 5) is 1.04. The second-order valence-electron chi connectivity index (χ2n) is 3.24. The van der Waals surface area contributed by atoms with E-state index in [0.717, 1.165) is 11.4 Å². The second-order valence-corrected chi connectivity index (χ2v) is 3.76. The fourth-order valence-corrected chi connectivity index (χ4v) is 1.82. The van der Waals surface area contributed by atoms with Crippen LogP contribution in [-0.4, -0.2) is 6.54 Å². The lowest BCUT2D eigenvalue weighted by Gasteiger charge is -2.09. The standard InChI is InChI=1S/C10H13NS/c12-9-5-3-8(4-6-9)10-2-1-7-11-10/h3-6,10-12H,1-2,7H2/t10-/m1/s1. The molecule has 64 valence electrons. The summed E-state index contributed by atoms with van der Waals surface area (Å²) >= 11 is 4.25. The van der Waals surface area contributed by atoms with Gasteiger partial charge in [-0.25, -0.2) is 0 Å². The molecule has 0 amide bonds. The minimum atomic E-state index is 0.582. The van der Waals surface area contributed by atoms with E-state index in [1.165, 1.54) is 18.4 Å². The van der Waals surface area contributed by atoms with Crippen LogP contribution in [0, 0.1) is 0 Å². The summed E-state index contributed by atoms with van der Waals surface area (Å²) in [5, 5.41) is 3.47. The van der Waals surface area contributed by atoms with Crippen molar-refractivity contribution in [2.75, 3.05) is 6.54 Å². The molecule has 1 saturated heterocycles. The maximum Gasteiger partial charge on any atom is 0.0320 e. The zero-order valence-electron chi connectivity index (χ0n) is 6.96. The molecular weight excluding hydrogens is 166 g/mol. The number of thiol groups is 1. The maximum absolute atomic E-state index is 4.25. The quantitative estimate of drug-likeness (QED) is 0.631. The normalized spacial score (nSPS) is 22.9. The number of nitrogens with one attached hydrogen (secondary N) is 1. The van der Waals surface area contributed by atoms with Crippen LogP contribution >= 0.6 is 12.6 Å². The second kappa shape index (κ2) is 3.50. The van der Waals surface area contributed by atoms with Gasteiger partial charge in [-0.15, -0.1) is 12.6 Å². The first kappa shape index (κ1) is 8.14. The lowest BCUT2D eigenvalue weighted by Crippen LogP contribution is -2.12. The van der Waals surface area contributed by atoms with Crippen LogP contribution in [0.4, 0.5) is 0 Å². The number of hydrogen-bond donors (Lipinski definition) is 2. The maximum atomic E-state index is 4.25. The molecule has 1 fully saturated rings. The molecule has 1 aliphatic rings. The minimum absolute atomic E-state index is 0.582. The number of rotatable bonds is 1. The van der Waals surface area contributed by atoms with E-state index >= 15 is 0 Å². The Morgan fingerprint density at radius 3 is 2.58 bits per heavy atom. The molecule has 1 aromatic rings. The fourth-order valence-electron chi connectivity index (χ4n) is 1.68. The highest BCUT2D eigenvalue weighted by atomic mass is 32.1. The molecule has 0 aromatic heterocycles. The van der Waals surface area contributed by atoms with E-state index in [1.807, 2.05) is 0 Å². The molecule has 1 aromatic carbocycles. The van der Waals surface area contributed by atoms with Crippen molar-refractivity contribution in [3.05, 3.63) is 29.8 Å². The van der Waals surface area contributed by atoms with E-state index < -0.39 is 0 Å². The average Bonchev–Trinajstić information content (AvgIpc) is 2.58. The minimum Gasteiger partial charge on any atom is -0.310 e. The van der Waals surface area contributed by atoms with E-state index in [0.29, 0.717) is 6.04 Å². The summed E-state index contributed by atoms with van der Waals surface area (Å²) in [6, 6.07) is 9.01. The predicted molar refractivity (Wildman–Crippen MR) is 53.7 cm³/mol. The molecule has 1 atom stereocenters. The molecule has 2 heteroatoms. The topological polar surface area (TPSA) is 12.0 Å². The van der Waals surface area contributed by atoms with Crippen molar-refractivity contribution in [1.82, 2.24) is 5.32 Å². The van der Waals surface area contributed by atoms with E-state index in [2.05, 4.69) is 42.2 Å². The molecule has 1 nitrogen and oxygen atoms in total. The van der Waals surface area contributed by atoms with Gasteiger partial charge in [-0.05, 0) is 37.1 Å². The zero-order chi connectivity index (χ0) is 8.39. The van der Waals surface area contributed by atoms with Gasteiger partial charge in [0.05, 0.1) is 0 Å². The first-order chi connectivity index (χ1) is 5.86. The Balaban J connectivity index is 2.17. The predicted octanol–water partition coefficient (Wildman–Crippen LogP) is 2.40. The van der Waals surface area contributed by atoms with E-state index in [9.17, 15) is 0 Å². The molecule has 0 spiro atoms. The molecule has 0 radical (unpaired) electrons. The van der Waals surface area contributed by atoms with Gasteiger partial charge in [-0.2, -0.15) is 0 Å². The lowest BCUT2D eigenvalue weighted by atomic mass is 10.1. The molecule has 2 rings (SSSR count). The summed E-state index contributed by atoms with van der Waals surface area (Å²) in [6.07, 6.45) is 2.57. The summed E-state index contributed by atoms with van der Waals surface area (Å²) in [6.45, 7) is 1.16. The highest BCUT2D eigenvalue weighted by Crippen LogP contribution is 2.23. The third kappa shape index (κ3) is 1.65. The zero-order valence-corrected chi connectivity index (χ0v) is 7.85. The Morgan fingerprint density at radius 2 is 2.00 bits per heavy atom. The van der Waals surface area contributed by atoms with Crippen LogP contribution in [0.25, 0.3) is 0 Å². The van der Waals surface area contributed by atoms with Crippen molar-refractivity contribution < 1.29 is 0 Å². The van der Waals surface area contributed by atoms with E-state index in [-0.39, 0.29) is 0 Å². The summed E-state index contributed by atoms with van der Waals surface area (Å²) in [7, 11) is 0. The highest BCUT2D eigenvalue weighted by molar-refractivity contribution is 7.80. The summed E-state index contributed by atoms with van der Waals surface area (Å²) < 4.78 is 0. The average molecular weight is 179 g/mol. The Labute approximate surface area is 78.6 Å². The van der Waals surface area contributed by atoms with Crippen LogP contribution in [0.2, 0.25) is 0 Å². The first-order valence-corrected chi connectivity index (χ1v) is 4.83. The molecule has 0 aliphatic carbocycles. The largest absolute Gasteiger partial charge is 0.310 e. The van der Waals surface area contributed by atoms with Crippen LogP contribution in [0.5, 0.6) is 0 Å². The van der Waals surface area contributed by atoms with Gasteiger partial charge in [0.25, 0.3) is 0 Å². The van der Waals surface area contributed by atoms with Gasteiger partial charge in [-0.1, -0.05) is 12.1 Å². The van der Waals surface area contributed by atoms with Crippen molar-refractivity contribution in [1.29, 1.82) is 0 Å². The molecule has 12 heavy (non-hydrogen) atoms. The van der Waals surface area contributed by atoms with Crippen molar-refractivity contribution in [3.63, 3.8) is 0 Å². The van der Waals surface area contributed by atoms with Gasteiger partial charge in [-0.3, -0.25) is 0 Å². The molecule has 1 heterocycles. The summed E-state index contributed by atoms with van der Waals surface area (Å²) in [5.74, 6) is 0. The number of hydrogen-bond acceptors (Lipinski definition) is 2. The van der Waals surface area contributed by atoms with Crippen LogP contribution in [-0.2, 0) is 0 Å². The SMILES string of the molecule is Sc1ccc([C@H]2CCCN2)cc1. The summed E-state index contributed by atoms with van der Waals surface area (Å²) in [5.41, 5.74) is 1.39. The Kier molecular flexibility index (Phi) is 2.38. The van der Waals surface area contributed by atoms with Gasteiger partial charge in [0.2, 0.25) is 0 Å². The van der Waals surface area contributed by atoms with Crippen molar-refractivity contribution in [3.8, 4) is 0 Å². The van der Waals surface area contributed by atoms with Crippen LogP contribution in [0.1, 0.15) is 24.4 Å². The van der Waals surface area contributed by atoms with Gasteiger partial charge >= 0.3 is 0 Å². The monoisotopic (exact) mass is 179 g/mol. The van der Waals surface area contributed by atoms with Crippen LogP contribution in [0.3, 0.4) is 0 Å². The van der Waals surface area contributed by atoms with Crippen molar-refractivity contribution in [2.24, 2.45) is 0 Å². The van der Waals surface area contributed by atoms with Gasteiger partial charge in [0.1, 0.15) is 0 Å². The fraction of sp³-hybridized carbons (Fsp3) is 0.400. The Hall–Kier alpha value is -0.470. The molecule has 0 saturated carbocycles. The molecule has 1 N–H and O–H groups in total. The third-order valence-corrected chi connectivity index (χ3v) is 2.65. The molecule has 1 aliphatic heterocycles. The Morgan fingerprint density at radius 1 is 1.25 bits per heavy atom. The van der Waals surface area contributed by atoms with Crippen LogP contribution in [0.15, 0.2) is 29.2 Å². The smallest absolute Gasteiger partial charge is 0.0320 e. The van der Waals surface area contributed by atoms with Crippen molar-refractivity contribution in [2.45, 2.75) is 23.8 Å². The third-order valence-electron chi connectivity index (χ3n) is 2.36. The van der Waals surface area contributed by atoms with Gasteiger partial charge < -0.3 is 5.32 Å². The molecule has 0 bridgehead atoms. The van der Waals surface area contributed by atoms with E-state index in [1.54, 1.807) is 0 Å². The molecular formula is C10H13NS. The van der Waals surface area contributed by atoms with Crippen LogP contribution < -0.4 is 5.32 Å². The van der Waals surface area contributed by atoms with Gasteiger partial charge in [0.15, 0.2) is 0 Å². The Bertz CT molecular complexity index is 249. The first-order valence-electron chi connectivity index (χ1n) is 4.38. The van der Waals surface area contributed by atoms with E-state index in [4.69, 9.17) is 0 Å². The van der Waals surface area contributed by atoms with Gasteiger partial charge in [0, 0.05) is 10.9 Å². The lowest BCUT2D eigenvalue weighted by molar-refractivity contribution is 0.647. The molecule has 0 unspecified atom stereocenters. The van der Waals surface area contributed by atoms with Crippen molar-refractivity contribution >= 4 is 12.6 Å². The number of benzene rings is 1. The highest BCUT2D eigenvalue weighted by Gasteiger charge is 2.14.